The van der Waals surface area contributed by atoms with Gasteiger partial charge in [-0.15, -0.1) is 0 Å². The van der Waals surface area contributed by atoms with Crippen molar-refractivity contribution in [1.29, 1.82) is 0 Å². The highest BCUT2D eigenvalue weighted by Gasteiger charge is 2.43. The molecule has 1 fully saturated rings. The number of nitrogens with zero attached hydrogens (tertiary/aromatic N) is 3. The van der Waals surface area contributed by atoms with Crippen molar-refractivity contribution in [1.82, 2.24) is 20.1 Å². The smallest absolute Gasteiger partial charge is 0.352 e. The number of rotatable bonds is 6. The highest BCUT2D eigenvalue weighted by atomic mass is 32.2. The van der Waals surface area contributed by atoms with Crippen LogP contribution in [0.2, 0.25) is 0 Å². The molecule has 1 aliphatic carbocycles. The molecule has 1 aromatic carbocycles. The van der Waals surface area contributed by atoms with Crippen molar-refractivity contribution in [3.05, 3.63) is 71.6 Å². The first-order valence-electron chi connectivity index (χ1n) is 11.1. The third-order valence-corrected chi connectivity index (χ3v) is 8.44. The summed E-state index contributed by atoms with van der Waals surface area (Å²) in [5.41, 5.74) is -3.28. The molecule has 2 atom stereocenters. The minimum Gasteiger partial charge on any atom is -0.352 e. The first kappa shape index (κ1) is 27.5. The number of nitrogens with one attached hydrogen (secondary N) is 1. The summed E-state index contributed by atoms with van der Waals surface area (Å²) in [5, 5.41) is 4.60. The van der Waals surface area contributed by atoms with Gasteiger partial charge in [0.25, 0.3) is 0 Å². The Morgan fingerprint density at radius 3 is 2.26 bits per heavy atom. The Bertz CT molecular complexity index is 1420. The lowest BCUT2D eigenvalue weighted by Gasteiger charge is -2.20. The fraction of sp³-hybridized carbons (Fsp3) is 0.348. The molecule has 0 spiro atoms. The molecule has 1 saturated carbocycles. The molecule has 4 rings (SSSR count). The van der Waals surface area contributed by atoms with E-state index in [2.05, 4.69) is 15.4 Å². The van der Waals surface area contributed by atoms with E-state index in [0.717, 1.165) is 36.5 Å². The molecule has 15 heteroatoms. The Labute approximate surface area is 211 Å². The number of halogens is 7. The summed E-state index contributed by atoms with van der Waals surface area (Å²) in [6.07, 6.45) is -7.37. The fourth-order valence-electron chi connectivity index (χ4n) is 4.31. The molecule has 1 aliphatic rings. The zero-order chi connectivity index (χ0) is 27.9. The van der Waals surface area contributed by atoms with Crippen LogP contribution in [0.4, 0.5) is 30.7 Å². The van der Waals surface area contributed by atoms with Crippen molar-refractivity contribution >= 4 is 15.7 Å². The molecule has 0 bridgehead atoms. The van der Waals surface area contributed by atoms with Gasteiger partial charge in [0.05, 0.1) is 27.9 Å². The minimum atomic E-state index is -4.95. The van der Waals surface area contributed by atoms with E-state index >= 15 is 0 Å². The molecule has 0 radical (unpaired) electrons. The average molecular weight is 564 g/mol. The van der Waals surface area contributed by atoms with Crippen molar-refractivity contribution < 1.29 is 43.9 Å². The number of aromatic nitrogens is 3. The van der Waals surface area contributed by atoms with Crippen LogP contribution in [-0.4, -0.2) is 34.3 Å². The topological polar surface area (TPSA) is 93.9 Å². The third-order valence-electron chi connectivity index (χ3n) is 6.14. The number of pyridine rings is 1. The summed E-state index contributed by atoms with van der Waals surface area (Å²) >= 11 is 0. The zero-order valence-electron chi connectivity index (χ0n) is 19.2. The Morgan fingerprint density at radius 1 is 1.00 bits per heavy atom. The lowest BCUT2D eigenvalue weighted by molar-refractivity contribution is -0.142. The van der Waals surface area contributed by atoms with Crippen molar-refractivity contribution in [3.63, 3.8) is 0 Å². The molecule has 0 unspecified atom stereocenters. The van der Waals surface area contributed by atoms with Gasteiger partial charge in [0.15, 0.2) is 15.5 Å². The van der Waals surface area contributed by atoms with Crippen LogP contribution in [0.1, 0.15) is 36.2 Å². The van der Waals surface area contributed by atoms with E-state index in [0.29, 0.717) is 23.4 Å². The Kier molecular flexibility index (Phi) is 7.25. The van der Waals surface area contributed by atoms with Gasteiger partial charge in [0.2, 0.25) is 5.91 Å². The van der Waals surface area contributed by atoms with E-state index in [1.165, 1.54) is 0 Å². The van der Waals surface area contributed by atoms with Crippen molar-refractivity contribution in [2.24, 2.45) is 5.92 Å². The second-order valence-electron chi connectivity index (χ2n) is 8.64. The predicted molar refractivity (Wildman–Crippen MR) is 118 cm³/mol. The number of hydrogen-bond donors (Lipinski definition) is 1. The molecule has 7 nitrogen and oxygen atoms in total. The van der Waals surface area contributed by atoms with E-state index in [-0.39, 0.29) is 23.4 Å². The summed E-state index contributed by atoms with van der Waals surface area (Å²) in [6, 6.07) is 5.59. The average Bonchev–Trinajstić information content (AvgIpc) is 3.50. The van der Waals surface area contributed by atoms with Crippen LogP contribution in [0, 0.1) is 11.7 Å². The second-order valence-corrected chi connectivity index (χ2v) is 10.8. The van der Waals surface area contributed by atoms with Crippen LogP contribution in [0.15, 0.2) is 53.7 Å². The summed E-state index contributed by atoms with van der Waals surface area (Å²) in [6.45, 7) is -0.665. The molecule has 0 saturated heterocycles. The third kappa shape index (κ3) is 5.66. The molecule has 2 heterocycles. The first-order valence-corrected chi connectivity index (χ1v) is 12.7. The van der Waals surface area contributed by atoms with Gasteiger partial charge in [-0.25, -0.2) is 22.5 Å². The van der Waals surface area contributed by atoms with E-state index in [1.54, 1.807) is 0 Å². The number of alkyl halides is 6. The number of carbonyl (C=O) groups excluding carboxylic acids is 1. The Hall–Kier alpha value is -3.49. The molecule has 1 N–H and O–H groups in total. The maximum atomic E-state index is 13.6. The maximum absolute atomic E-state index is 13.6. The predicted octanol–water partition coefficient (Wildman–Crippen LogP) is 4.70. The van der Waals surface area contributed by atoms with E-state index < -0.39 is 68.6 Å². The number of carbonyl (C=O) groups is 1. The van der Waals surface area contributed by atoms with Crippen LogP contribution in [0.25, 0.3) is 5.69 Å². The highest BCUT2D eigenvalue weighted by molar-refractivity contribution is 7.92. The van der Waals surface area contributed by atoms with Crippen molar-refractivity contribution in [2.45, 2.75) is 48.3 Å². The van der Waals surface area contributed by atoms with E-state index in [9.17, 15) is 43.9 Å². The molecule has 0 aliphatic heterocycles. The van der Waals surface area contributed by atoms with Crippen LogP contribution < -0.4 is 5.32 Å². The van der Waals surface area contributed by atoms with Crippen LogP contribution in [0.5, 0.6) is 0 Å². The molecule has 204 valence electrons. The summed E-state index contributed by atoms with van der Waals surface area (Å²) in [5.74, 6) is -2.47. The molecule has 1 amide bonds. The van der Waals surface area contributed by atoms with Gasteiger partial charge in [0, 0.05) is 18.3 Å². The first-order chi connectivity index (χ1) is 17.7. The van der Waals surface area contributed by atoms with Gasteiger partial charge in [-0.05, 0) is 49.2 Å². The molecule has 2 aromatic heterocycles. The zero-order valence-corrected chi connectivity index (χ0v) is 20.0. The van der Waals surface area contributed by atoms with Crippen LogP contribution >= 0.6 is 0 Å². The SMILES string of the molecule is O=C(NCc1cn(-c2ccc(C(F)(F)F)nc2)nc1C(F)(F)F)[C@H]1CCC[C@H]1S(=O)(=O)c1ccc(F)cc1. The summed E-state index contributed by atoms with van der Waals surface area (Å²) < 4.78 is 119. The molecular weight excluding hydrogens is 545 g/mol. The van der Waals surface area contributed by atoms with E-state index in [1.807, 2.05) is 0 Å². The summed E-state index contributed by atoms with van der Waals surface area (Å²) in [4.78, 5) is 15.9. The van der Waals surface area contributed by atoms with E-state index in [4.69, 9.17) is 0 Å². The molecule has 38 heavy (non-hydrogen) atoms. The lowest BCUT2D eigenvalue weighted by Crippen LogP contribution is -2.38. The summed E-state index contributed by atoms with van der Waals surface area (Å²) in [7, 11) is -4.02. The van der Waals surface area contributed by atoms with Gasteiger partial charge in [-0.1, -0.05) is 6.42 Å². The largest absolute Gasteiger partial charge is 0.435 e. The number of hydrogen-bond acceptors (Lipinski definition) is 5. The quantitative estimate of drug-likeness (QED) is 0.346. The van der Waals surface area contributed by atoms with Crippen molar-refractivity contribution in [3.8, 4) is 5.69 Å². The van der Waals surface area contributed by atoms with Gasteiger partial charge < -0.3 is 5.32 Å². The van der Waals surface area contributed by atoms with Gasteiger partial charge in [-0.3, -0.25) is 4.79 Å². The maximum Gasteiger partial charge on any atom is 0.435 e. The Balaban J connectivity index is 1.53. The van der Waals surface area contributed by atoms with Crippen molar-refractivity contribution in [2.75, 3.05) is 0 Å². The lowest BCUT2D eigenvalue weighted by atomic mass is 10.1. The van der Waals surface area contributed by atoms with Gasteiger partial charge >= 0.3 is 12.4 Å². The normalized spacial score (nSPS) is 18.5. The molecular formula is C23H19F7N4O3S. The van der Waals surface area contributed by atoms with Crippen LogP contribution in [0.3, 0.4) is 0 Å². The number of benzene rings is 1. The number of sulfone groups is 1. The van der Waals surface area contributed by atoms with Gasteiger partial charge in [-0.2, -0.15) is 31.4 Å². The number of amides is 1. The molecule has 3 aromatic rings. The standard InChI is InChI=1S/C23H19F7N4O3S/c24-14-4-7-16(8-5-14)38(36,37)18-3-1-2-17(18)21(35)32-10-13-12-34(33-20(13)23(28,29)30)15-6-9-19(31-11-15)22(25,26)27/h4-9,11-12,17-18H,1-3,10H2,(H,32,35)/t17-,18+/m0/s1. The second kappa shape index (κ2) is 10.0. The monoisotopic (exact) mass is 564 g/mol. The highest BCUT2D eigenvalue weighted by Crippen LogP contribution is 2.36. The Morgan fingerprint density at radius 2 is 1.68 bits per heavy atom. The minimum absolute atomic E-state index is 0.143. The van der Waals surface area contributed by atoms with Gasteiger partial charge in [0.1, 0.15) is 11.5 Å². The van der Waals surface area contributed by atoms with Crippen LogP contribution in [-0.2, 0) is 33.5 Å². The fourth-order valence-corrected chi connectivity index (χ4v) is 6.34.